The summed E-state index contributed by atoms with van der Waals surface area (Å²) in [6.45, 7) is 4.08. The number of hydrogen-bond donors (Lipinski definition) is 0. The van der Waals surface area contributed by atoms with Crippen LogP contribution in [0.25, 0.3) is 0 Å². The lowest BCUT2D eigenvalue weighted by Gasteiger charge is -2.22. The molecule has 0 aliphatic heterocycles. The smallest absolute Gasteiger partial charge is 0.0947 e. The van der Waals surface area contributed by atoms with Crippen LogP contribution in [0.3, 0.4) is 0 Å². The van der Waals surface area contributed by atoms with E-state index < -0.39 is 0 Å². The SMILES string of the molecule is CC(c1cccc(CN(C)Cc2ccoc2)c1)N(C)C. The first-order valence-electron chi connectivity index (χ1n) is 7.01. The van der Waals surface area contributed by atoms with E-state index >= 15 is 0 Å². The molecule has 1 aromatic heterocycles. The Balaban J connectivity index is 2.00. The fraction of sp³-hybridized carbons (Fsp3) is 0.412. The molecule has 0 saturated heterocycles. The van der Waals surface area contributed by atoms with Crippen LogP contribution in [0.4, 0.5) is 0 Å². The van der Waals surface area contributed by atoms with E-state index in [-0.39, 0.29) is 0 Å². The minimum atomic E-state index is 0.439. The van der Waals surface area contributed by atoms with Gasteiger partial charge in [0.15, 0.2) is 0 Å². The molecule has 2 rings (SSSR count). The van der Waals surface area contributed by atoms with E-state index in [0.717, 1.165) is 13.1 Å². The van der Waals surface area contributed by atoms with Crippen LogP contribution in [0.1, 0.15) is 29.7 Å². The van der Waals surface area contributed by atoms with Gasteiger partial charge < -0.3 is 9.32 Å². The van der Waals surface area contributed by atoms with Crippen LogP contribution in [0.2, 0.25) is 0 Å². The van der Waals surface area contributed by atoms with Crippen LogP contribution in [-0.4, -0.2) is 30.9 Å². The maximum absolute atomic E-state index is 5.11. The quantitative estimate of drug-likeness (QED) is 0.802. The van der Waals surface area contributed by atoms with Crippen molar-refractivity contribution in [2.75, 3.05) is 21.1 Å². The molecule has 3 nitrogen and oxygen atoms in total. The molecule has 0 fully saturated rings. The normalized spacial score (nSPS) is 13.1. The Morgan fingerprint density at radius 1 is 1.05 bits per heavy atom. The van der Waals surface area contributed by atoms with Crippen LogP contribution >= 0.6 is 0 Å². The summed E-state index contributed by atoms with van der Waals surface area (Å²) in [5.74, 6) is 0. The van der Waals surface area contributed by atoms with Crippen molar-refractivity contribution in [3.8, 4) is 0 Å². The molecule has 0 amide bonds. The van der Waals surface area contributed by atoms with Gasteiger partial charge in [-0.15, -0.1) is 0 Å². The van der Waals surface area contributed by atoms with Crippen LogP contribution in [-0.2, 0) is 13.1 Å². The van der Waals surface area contributed by atoms with E-state index in [9.17, 15) is 0 Å². The molecule has 0 saturated carbocycles. The summed E-state index contributed by atoms with van der Waals surface area (Å²) in [4.78, 5) is 4.53. The van der Waals surface area contributed by atoms with Gasteiger partial charge in [-0.25, -0.2) is 0 Å². The van der Waals surface area contributed by atoms with E-state index in [2.05, 4.69) is 62.1 Å². The molecular formula is C17H24N2O. The lowest BCUT2D eigenvalue weighted by Crippen LogP contribution is -2.19. The van der Waals surface area contributed by atoms with Crippen molar-refractivity contribution < 1.29 is 4.42 Å². The number of rotatable bonds is 6. The highest BCUT2D eigenvalue weighted by Gasteiger charge is 2.09. The van der Waals surface area contributed by atoms with Gasteiger partial charge >= 0.3 is 0 Å². The first kappa shape index (κ1) is 14.8. The van der Waals surface area contributed by atoms with Crippen molar-refractivity contribution in [3.05, 3.63) is 59.5 Å². The average molecular weight is 272 g/mol. The molecule has 20 heavy (non-hydrogen) atoms. The minimum Gasteiger partial charge on any atom is -0.472 e. The zero-order valence-corrected chi connectivity index (χ0v) is 12.8. The number of furan rings is 1. The molecule has 0 bridgehead atoms. The lowest BCUT2D eigenvalue weighted by molar-refractivity contribution is 0.313. The van der Waals surface area contributed by atoms with Crippen LogP contribution < -0.4 is 0 Å². The van der Waals surface area contributed by atoms with E-state index in [0.29, 0.717) is 6.04 Å². The summed E-state index contributed by atoms with van der Waals surface area (Å²) in [6, 6.07) is 11.3. The number of hydrogen-bond acceptors (Lipinski definition) is 3. The third kappa shape index (κ3) is 3.95. The first-order valence-corrected chi connectivity index (χ1v) is 7.01. The van der Waals surface area contributed by atoms with E-state index in [1.165, 1.54) is 16.7 Å². The first-order chi connectivity index (χ1) is 9.56. The summed E-state index contributed by atoms with van der Waals surface area (Å²) < 4.78 is 5.11. The topological polar surface area (TPSA) is 19.6 Å². The molecule has 1 aromatic carbocycles. The zero-order valence-electron chi connectivity index (χ0n) is 12.8. The average Bonchev–Trinajstić information content (AvgIpc) is 2.90. The molecule has 1 heterocycles. The van der Waals surface area contributed by atoms with Gasteiger partial charge in [-0.1, -0.05) is 24.3 Å². The molecule has 0 aliphatic rings. The highest BCUT2D eigenvalue weighted by atomic mass is 16.3. The molecule has 1 unspecified atom stereocenters. The van der Waals surface area contributed by atoms with Crippen LogP contribution in [0, 0.1) is 0 Å². The van der Waals surface area contributed by atoms with Gasteiger partial charge in [0.05, 0.1) is 12.5 Å². The van der Waals surface area contributed by atoms with Crippen molar-refractivity contribution in [3.63, 3.8) is 0 Å². The predicted octanol–water partition coefficient (Wildman–Crippen LogP) is 3.53. The monoisotopic (exact) mass is 272 g/mol. The van der Waals surface area contributed by atoms with Crippen molar-refractivity contribution in [1.29, 1.82) is 0 Å². The molecule has 1 atom stereocenters. The Bertz CT molecular complexity index is 520. The summed E-state index contributed by atoms with van der Waals surface area (Å²) in [5.41, 5.74) is 3.93. The largest absolute Gasteiger partial charge is 0.472 e. The summed E-state index contributed by atoms with van der Waals surface area (Å²) >= 11 is 0. The van der Waals surface area contributed by atoms with Gasteiger partial charge in [0.1, 0.15) is 0 Å². The van der Waals surface area contributed by atoms with Crippen molar-refractivity contribution in [1.82, 2.24) is 9.80 Å². The van der Waals surface area contributed by atoms with Gasteiger partial charge in [0.25, 0.3) is 0 Å². The fourth-order valence-electron chi connectivity index (χ4n) is 2.31. The van der Waals surface area contributed by atoms with E-state index in [1.807, 2.05) is 6.07 Å². The standard InChI is InChI=1S/C17H24N2O/c1-14(18(2)3)17-7-5-6-15(10-17)11-19(4)12-16-8-9-20-13-16/h5-10,13-14H,11-12H2,1-4H3. The third-order valence-electron chi connectivity index (χ3n) is 3.69. The molecule has 0 N–H and O–H groups in total. The summed E-state index contributed by atoms with van der Waals surface area (Å²) in [7, 11) is 6.36. The molecule has 2 aromatic rings. The molecule has 0 spiro atoms. The predicted molar refractivity (Wildman–Crippen MR) is 82.4 cm³/mol. The number of nitrogens with zero attached hydrogens (tertiary/aromatic N) is 2. The fourth-order valence-corrected chi connectivity index (χ4v) is 2.31. The Hall–Kier alpha value is -1.58. The van der Waals surface area contributed by atoms with E-state index in [4.69, 9.17) is 4.42 Å². The Morgan fingerprint density at radius 3 is 2.45 bits per heavy atom. The van der Waals surface area contributed by atoms with Crippen molar-refractivity contribution in [2.24, 2.45) is 0 Å². The summed E-state index contributed by atoms with van der Waals surface area (Å²) in [6.07, 6.45) is 3.53. The maximum Gasteiger partial charge on any atom is 0.0947 e. The molecule has 0 aliphatic carbocycles. The summed E-state index contributed by atoms with van der Waals surface area (Å²) in [5, 5.41) is 0. The van der Waals surface area contributed by atoms with Gasteiger partial charge in [0.2, 0.25) is 0 Å². The van der Waals surface area contributed by atoms with Gasteiger partial charge in [-0.05, 0) is 45.3 Å². The van der Waals surface area contributed by atoms with E-state index in [1.54, 1.807) is 12.5 Å². The molecular weight excluding hydrogens is 248 g/mol. The highest BCUT2D eigenvalue weighted by molar-refractivity contribution is 5.25. The highest BCUT2D eigenvalue weighted by Crippen LogP contribution is 2.19. The number of benzene rings is 1. The maximum atomic E-state index is 5.11. The van der Waals surface area contributed by atoms with Crippen LogP contribution in [0.15, 0.2) is 47.3 Å². The molecule has 3 heteroatoms. The molecule has 108 valence electrons. The third-order valence-corrected chi connectivity index (χ3v) is 3.69. The van der Waals surface area contributed by atoms with Crippen LogP contribution in [0.5, 0.6) is 0 Å². The van der Waals surface area contributed by atoms with Gasteiger partial charge in [0, 0.05) is 24.7 Å². The second kappa shape index (κ2) is 6.73. The second-order valence-corrected chi connectivity index (χ2v) is 5.69. The zero-order chi connectivity index (χ0) is 14.5. The Morgan fingerprint density at radius 2 is 1.80 bits per heavy atom. The molecule has 0 radical (unpaired) electrons. The Kier molecular flexibility index (Phi) is 4.99. The van der Waals surface area contributed by atoms with Gasteiger partial charge in [-0.3, -0.25) is 4.90 Å². The minimum absolute atomic E-state index is 0.439. The van der Waals surface area contributed by atoms with Crippen molar-refractivity contribution >= 4 is 0 Å². The lowest BCUT2D eigenvalue weighted by atomic mass is 10.0. The second-order valence-electron chi connectivity index (χ2n) is 5.69. The van der Waals surface area contributed by atoms with Gasteiger partial charge in [-0.2, -0.15) is 0 Å². The Labute approximate surface area is 121 Å². The van der Waals surface area contributed by atoms with Crippen molar-refractivity contribution in [2.45, 2.75) is 26.1 Å².